The Kier molecular flexibility index (Phi) is 5.65. The van der Waals surface area contributed by atoms with Crippen molar-refractivity contribution < 1.29 is 0 Å². The number of aryl methyl sites for hydroxylation is 2. The summed E-state index contributed by atoms with van der Waals surface area (Å²) in [6.07, 6.45) is 0. The van der Waals surface area contributed by atoms with Gasteiger partial charge < -0.3 is 4.90 Å². The summed E-state index contributed by atoms with van der Waals surface area (Å²) in [7, 11) is 0. The normalized spacial score (nSPS) is 15.0. The highest BCUT2D eigenvalue weighted by Crippen LogP contribution is 2.42. The van der Waals surface area contributed by atoms with Crippen molar-refractivity contribution in [3.63, 3.8) is 0 Å². The second-order valence-electron chi connectivity index (χ2n) is 8.14. The lowest BCUT2D eigenvalue weighted by Gasteiger charge is -2.35. The van der Waals surface area contributed by atoms with Gasteiger partial charge in [-0.1, -0.05) is 60.2 Å². The topological polar surface area (TPSA) is 32.3 Å². The third-order valence-corrected chi connectivity index (χ3v) is 7.11. The lowest BCUT2D eigenvalue weighted by molar-refractivity contribution is 0.249. The maximum absolute atomic E-state index is 6.35. The van der Waals surface area contributed by atoms with Crippen molar-refractivity contribution in [1.82, 2.24) is 14.9 Å². The Hall–Kier alpha value is -2.47. The number of halogens is 1. The molecule has 0 atom stereocenters. The smallest absolute Gasteiger partial charge is 0.225 e. The Morgan fingerprint density at radius 3 is 2.32 bits per heavy atom. The monoisotopic (exact) mass is 448 g/mol. The Labute approximate surface area is 192 Å². The number of benzene rings is 2. The average Bonchev–Trinajstić information content (AvgIpc) is 3.10. The van der Waals surface area contributed by atoms with Gasteiger partial charge in [-0.05, 0) is 36.6 Å². The number of thiophene rings is 1. The van der Waals surface area contributed by atoms with Crippen LogP contribution in [-0.2, 0) is 6.54 Å². The minimum absolute atomic E-state index is 0.325. The van der Waals surface area contributed by atoms with E-state index in [0.29, 0.717) is 5.28 Å². The fourth-order valence-electron chi connectivity index (χ4n) is 4.32. The predicted molar refractivity (Wildman–Crippen MR) is 131 cm³/mol. The maximum Gasteiger partial charge on any atom is 0.225 e. The van der Waals surface area contributed by atoms with E-state index in [9.17, 15) is 0 Å². The zero-order valence-corrected chi connectivity index (χ0v) is 19.4. The first-order valence-electron chi connectivity index (χ1n) is 10.6. The molecule has 31 heavy (non-hydrogen) atoms. The molecule has 2 aromatic heterocycles. The number of hydrogen-bond acceptors (Lipinski definition) is 5. The Balaban J connectivity index is 1.47. The first-order valence-corrected chi connectivity index (χ1v) is 11.8. The van der Waals surface area contributed by atoms with Crippen molar-refractivity contribution in [2.75, 3.05) is 31.1 Å². The number of aromatic nitrogens is 2. The van der Waals surface area contributed by atoms with E-state index < -0.39 is 0 Å². The van der Waals surface area contributed by atoms with Gasteiger partial charge in [0.1, 0.15) is 10.6 Å². The molecule has 0 amide bonds. The predicted octanol–water partition coefficient (Wildman–Crippen LogP) is 5.95. The number of rotatable bonds is 4. The third-order valence-electron chi connectivity index (χ3n) is 5.94. The van der Waals surface area contributed by atoms with E-state index in [4.69, 9.17) is 16.6 Å². The Morgan fingerprint density at radius 1 is 0.903 bits per heavy atom. The van der Waals surface area contributed by atoms with E-state index in [1.165, 1.54) is 27.1 Å². The molecule has 0 spiro atoms. The van der Waals surface area contributed by atoms with Gasteiger partial charge >= 0.3 is 0 Å². The summed E-state index contributed by atoms with van der Waals surface area (Å²) in [6.45, 7) is 9.13. The number of nitrogens with zero attached hydrogens (tertiary/aromatic N) is 4. The van der Waals surface area contributed by atoms with Crippen LogP contribution in [0.4, 0.5) is 5.82 Å². The molecule has 0 radical (unpaired) electrons. The molecule has 0 saturated carbocycles. The lowest BCUT2D eigenvalue weighted by Crippen LogP contribution is -2.46. The second kappa shape index (κ2) is 8.58. The number of fused-ring (bicyclic) bond motifs is 1. The molecular formula is C25H25ClN4S. The zero-order chi connectivity index (χ0) is 21.4. The zero-order valence-electron chi connectivity index (χ0n) is 17.8. The van der Waals surface area contributed by atoms with Crippen molar-refractivity contribution in [1.29, 1.82) is 0 Å². The molecule has 2 aromatic carbocycles. The quantitative estimate of drug-likeness (QED) is 0.361. The summed E-state index contributed by atoms with van der Waals surface area (Å²) < 4.78 is 0. The van der Waals surface area contributed by atoms with E-state index in [2.05, 4.69) is 83.2 Å². The van der Waals surface area contributed by atoms with Gasteiger partial charge in [0.2, 0.25) is 5.28 Å². The highest BCUT2D eigenvalue weighted by molar-refractivity contribution is 7.19. The first-order chi connectivity index (χ1) is 15.1. The van der Waals surface area contributed by atoms with Gasteiger partial charge in [-0.2, -0.15) is 4.98 Å². The van der Waals surface area contributed by atoms with Crippen LogP contribution in [0.25, 0.3) is 21.3 Å². The minimum atomic E-state index is 0.325. The molecule has 5 rings (SSSR count). The summed E-state index contributed by atoms with van der Waals surface area (Å²) >= 11 is 8.05. The van der Waals surface area contributed by atoms with Gasteiger partial charge in [-0.3, -0.25) is 4.90 Å². The van der Waals surface area contributed by atoms with Gasteiger partial charge in [0.15, 0.2) is 0 Å². The van der Waals surface area contributed by atoms with Crippen LogP contribution in [0.2, 0.25) is 5.28 Å². The van der Waals surface area contributed by atoms with Gasteiger partial charge in [-0.15, -0.1) is 11.3 Å². The van der Waals surface area contributed by atoms with Crippen LogP contribution in [0.15, 0.2) is 54.6 Å². The van der Waals surface area contributed by atoms with Crippen LogP contribution in [0.3, 0.4) is 0 Å². The molecule has 3 heterocycles. The highest BCUT2D eigenvalue weighted by Gasteiger charge is 2.24. The van der Waals surface area contributed by atoms with E-state index in [1.54, 1.807) is 11.3 Å². The standard InChI is InChI=1S/C25H25ClN4S/c1-17-8-10-20(11-9-17)21-18(2)31-24-22(21)23(27-25(26)28-24)30-14-12-29(13-15-30)16-19-6-4-3-5-7-19/h3-11H,12-16H2,1-2H3. The largest absolute Gasteiger partial charge is 0.353 e. The summed E-state index contributed by atoms with van der Waals surface area (Å²) in [6, 6.07) is 19.4. The van der Waals surface area contributed by atoms with Crippen LogP contribution in [0.5, 0.6) is 0 Å². The molecule has 158 valence electrons. The molecule has 0 bridgehead atoms. The van der Waals surface area contributed by atoms with Crippen molar-refractivity contribution in [2.45, 2.75) is 20.4 Å². The molecule has 1 fully saturated rings. The summed E-state index contributed by atoms with van der Waals surface area (Å²) in [5.41, 5.74) is 5.07. The van der Waals surface area contributed by atoms with Crippen LogP contribution in [-0.4, -0.2) is 41.0 Å². The van der Waals surface area contributed by atoms with Gasteiger partial charge in [0, 0.05) is 43.2 Å². The second-order valence-corrected chi connectivity index (χ2v) is 9.69. The fraction of sp³-hybridized carbons (Fsp3) is 0.280. The SMILES string of the molecule is Cc1ccc(-c2c(C)sc3nc(Cl)nc(N4CCN(Cc5ccccc5)CC4)c23)cc1. The minimum Gasteiger partial charge on any atom is -0.353 e. The van der Waals surface area contributed by atoms with Crippen molar-refractivity contribution >= 4 is 39.0 Å². The fourth-order valence-corrected chi connectivity index (χ4v) is 5.58. The Morgan fingerprint density at radius 2 is 1.61 bits per heavy atom. The van der Waals surface area contributed by atoms with Crippen LogP contribution >= 0.6 is 22.9 Å². The molecular weight excluding hydrogens is 424 g/mol. The van der Waals surface area contributed by atoms with Gasteiger partial charge in [0.25, 0.3) is 0 Å². The molecule has 1 aliphatic rings. The molecule has 0 unspecified atom stereocenters. The summed E-state index contributed by atoms with van der Waals surface area (Å²) in [4.78, 5) is 16.4. The molecule has 0 aliphatic carbocycles. The van der Waals surface area contributed by atoms with Crippen molar-refractivity contribution in [3.8, 4) is 11.1 Å². The molecule has 6 heteroatoms. The molecule has 4 aromatic rings. The molecule has 0 N–H and O–H groups in total. The van der Waals surface area contributed by atoms with E-state index in [0.717, 1.165) is 48.8 Å². The number of hydrogen-bond donors (Lipinski definition) is 0. The first kappa shape index (κ1) is 20.4. The summed E-state index contributed by atoms with van der Waals surface area (Å²) in [5, 5.41) is 1.46. The summed E-state index contributed by atoms with van der Waals surface area (Å²) in [5.74, 6) is 0.967. The average molecular weight is 449 g/mol. The van der Waals surface area contributed by atoms with Gasteiger partial charge in [0.05, 0.1) is 5.39 Å². The van der Waals surface area contributed by atoms with Crippen molar-refractivity contribution in [2.24, 2.45) is 0 Å². The molecule has 4 nitrogen and oxygen atoms in total. The lowest BCUT2D eigenvalue weighted by atomic mass is 10.0. The molecule has 1 aliphatic heterocycles. The van der Waals surface area contributed by atoms with E-state index >= 15 is 0 Å². The molecule has 1 saturated heterocycles. The Bertz CT molecular complexity index is 1200. The van der Waals surface area contributed by atoms with Crippen LogP contribution < -0.4 is 4.90 Å². The maximum atomic E-state index is 6.35. The van der Waals surface area contributed by atoms with E-state index in [1.807, 2.05) is 0 Å². The van der Waals surface area contributed by atoms with Crippen LogP contribution in [0, 0.1) is 13.8 Å². The van der Waals surface area contributed by atoms with E-state index in [-0.39, 0.29) is 0 Å². The number of anilines is 1. The highest BCUT2D eigenvalue weighted by atomic mass is 35.5. The third kappa shape index (κ3) is 4.18. The van der Waals surface area contributed by atoms with Crippen molar-refractivity contribution in [3.05, 3.63) is 75.9 Å². The van der Waals surface area contributed by atoms with Crippen LogP contribution in [0.1, 0.15) is 16.0 Å². The van der Waals surface area contributed by atoms with Gasteiger partial charge in [-0.25, -0.2) is 4.98 Å². The number of piperazine rings is 1.